The van der Waals surface area contributed by atoms with E-state index in [1.807, 2.05) is 30.3 Å². The van der Waals surface area contributed by atoms with Crippen LogP contribution in [-0.4, -0.2) is 29.5 Å². The largest absolute Gasteiger partial charge is 0.445 e. The van der Waals surface area contributed by atoms with Crippen LogP contribution in [0.2, 0.25) is 0 Å². The summed E-state index contributed by atoms with van der Waals surface area (Å²) in [6.45, 7) is 0.102. The molecule has 1 saturated heterocycles. The molecule has 0 radical (unpaired) electrons. The van der Waals surface area contributed by atoms with Crippen LogP contribution in [-0.2, 0) is 20.9 Å². The summed E-state index contributed by atoms with van der Waals surface area (Å²) in [6.07, 6.45) is 2.12. The first kappa shape index (κ1) is 16.3. The van der Waals surface area contributed by atoms with Crippen molar-refractivity contribution < 1.29 is 19.1 Å². The van der Waals surface area contributed by atoms with Gasteiger partial charge in [-0.3, -0.25) is 9.59 Å². The van der Waals surface area contributed by atoms with Crippen molar-refractivity contribution in [2.24, 2.45) is 11.7 Å². The number of hydrogen-bond acceptors (Lipinski definition) is 4. The van der Waals surface area contributed by atoms with Crippen molar-refractivity contribution in [3.63, 3.8) is 0 Å². The van der Waals surface area contributed by atoms with Crippen LogP contribution in [0.4, 0.5) is 4.79 Å². The summed E-state index contributed by atoms with van der Waals surface area (Å²) in [5.74, 6) is -1.05. The van der Waals surface area contributed by atoms with Crippen molar-refractivity contribution in [3.05, 3.63) is 35.9 Å². The molecule has 7 heteroatoms. The van der Waals surface area contributed by atoms with Crippen molar-refractivity contribution in [3.8, 4) is 0 Å². The standard InChI is InChI=1S/C17H21N3O4/c18-14(21)13(8-12-9-17(6-7-17)20-15(12)22)19-16(23)24-10-11-4-2-1-3-5-11/h1-5,12-13H,6-10H2,(H2,18,21)(H,19,23)(H,20,22)/t12-,13+/m1/s1. The van der Waals surface area contributed by atoms with Crippen LogP contribution in [0.3, 0.4) is 0 Å². The molecule has 1 aliphatic heterocycles. The second-order valence-electron chi connectivity index (χ2n) is 6.57. The number of alkyl carbamates (subject to hydrolysis) is 1. The van der Waals surface area contributed by atoms with Crippen LogP contribution in [0.15, 0.2) is 30.3 Å². The van der Waals surface area contributed by atoms with Gasteiger partial charge in [0.2, 0.25) is 11.8 Å². The Labute approximate surface area is 139 Å². The zero-order chi connectivity index (χ0) is 17.2. The minimum Gasteiger partial charge on any atom is -0.445 e. The van der Waals surface area contributed by atoms with Crippen LogP contribution in [0.25, 0.3) is 0 Å². The fourth-order valence-electron chi connectivity index (χ4n) is 3.09. The molecule has 2 aliphatic rings. The summed E-state index contributed by atoms with van der Waals surface area (Å²) in [4.78, 5) is 35.5. The van der Waals surface area contributed by atoms with Gasteiger partial charge < -0.3 is 21.1 Å². The number of ether oxygens (including phenoxy) is 1. The maximum absolute atomic E-state index is 12.0. The average Bonchev–Trinajstić information content (AvgIpc) is 3.23. The lowest BCUT2D eigenvalue weighted by Gasteiger charge is -2.18. The first-order valence-electron chi connectivity index (χ1n) is 8.06. The highest BCUT2D eigenvalue weighted by atomic mass is 16.5. The highest BCUT2D eigenvalue weighted by Crippen LogP contribution is 2.46. The maximum atomic E-state index is 12.0. The molecule has 24 heavy (non-hydrogen) atoms. The molecule has 3 rings (SSSR count). The minimum absolute atomic E-state index is 0.0711. The normalized spacial score (nSPS) is 21.8. The lowest BCUT2D eigenvalue weighted by molar-refractivity contribution is -0.124. The number of amides is 3. The number of carbonyl (C=O) groups is 3. The molecule has 1 aromatic carbocycles. The predicted molar refractivity (Wildman–Crippen MR) is 85.6 cm³/mol. The van der Waals surface area contributed by atoms with Gasteiger partial charge in [-0.1, -0.05) is 30.3 Å². The summed E-state index contributed by atoms with van der Waals surface area (Å²) in [5.41, 5.74) is 6.13. The summed E-state index contributed by atoms with van der Waals surface area (Å²) in [5, 5.41) is 5.43. The molecule has 1 aromatic rings. The number of carbonyl (C=O) groups excluding carboxylic acids is 3. The Morgan fingerprint density at radius 3 is 2.62 bits per heavy atom. The van der Waals surface area contributed by atoms with Crippen molar-refractivity contribution >= 4 is 17.9 Å². The van der Waals surface area contributed by atoms with Gasteiger partial charge in [0.1, 0.15) is 12.6 Å². The molecule has 2 fully saturated rings. The van der Waals surface area contributed by atoms with Gasteiger partial charge in [0.05, 0.1) is 0 Å². The van der Waals surface area contributed by atoms with E-state index in [-0.39, 0.29) is 30.4 Å². The van der Waals surface area contributed by atoms with Gasteiger partial charge in [-0.05, 0) is 31.2 Å². The Kier molecular flexibility index (Phi) is 4.42. The fraction of sp³-hybridized carbons (Fsp3) is 0.471. The predicted octanol–water partition coefficient (Wildman–Crippen LogP) is 0.825. The zero-order valence-electron chi connectivity index (χ0n) is 13.3. The molecule has 7 nitrogen and oxygen atoms in total. The Balaban J connectivity index is 1.51. The first-order valence-corrected chi connectivity index (χ1v) is 8.06. The fourth-order valence-corrected chi connectivity index (χ4v) is 3.09. The lowest BCUT2D eigenvalue weighted by atomic mass is 9.95. The SMILES string of the molecule is NC(=O)[C@H](C[C@@H]1CC2(CC2)NC1=O)NC(=O)OCc1ccccc1. The van der Waals surface area contributed by atoms with Crippen molar-refractivity contribution in [1.29, 1.82) is 0 Å². The molecule has 2 atom stereocenters. The highest BCUT2D eigenvalue weighted by Gasteiger charge is 2.52. The van der Waals surface area contributed by atoms with Crippen molar-refractivity contribution in [2.75, 3.05) is 0 Å². The van der Waals surface area contributed by atoms with Crippen LogP contribution < -0.4 is 16.4 Å². The molecule has 0 unspecified atom stereocenters. The quantitative estimate of drug-likeness (QED) is 0.717. The van der Waals surface area contributed by atoms with Crippen LogP contribution >= 0.6 is 0 Å². The topological polar surface area (TPSA) is 111 Å². The van der Waals surface area contributed by atoms with Crippen molar-refractivity contribution in [2.45, 2.75) is 43.9 Å². The van der Waals surface area contributed by atoms with Gasteiger partial charge in [-0.2, -0.15) is 0 Å². The third kappa shape index (κ3) is 3.84. The molecule has 0 bridgehead atoms. The third-order valence-electron chi connectivity index (χ3n) is 4.62. The molecule has 3 amide bonds. The van der Waals surface area contributed by atoms with Gasteiger partial charge in [0.15, 0.2) is 0 Å². The van der Waals surface area contributed by atoms with E-state index in [2.05, 4.69) is 10.6 Å². The average molecular weight is 331 g/mol. The smallest absolute Gasteiger partial charge is 0.408 e. The van der Waals surface area contributed by atoms with Gasteiger partial charge in [0, 0.05) is 11.5 Å². The van der Waals surface area contributed by atoms with E-state index in [1.54, 1.807) is 0 Å². The molecule has 4 N–H and O–H groups in total. The Morgan fingerprint density at radius 2 is 2.04 bits per heavy atom. The summed E-state index contributed by atoms with van der Waals surface area (Å²) in [6, 6.07) is 8.29. The zero-order valence-corrected chi connectivity index (χ0v) is 13.3. The van der Waals surface area contributed by atoms with Crippen LogP contribution in [0.1, 0.15) is 31.2 Å². The van der Waals surface area contributed by atoms with Crippen LogP contribution in [0, 0.1) is 5.92 Å². The second-order valence-corrected chi connectivity index (χ2v) is 6.57. The number of hydrogen-bond donors (Lipinski definition) is 3. The van der Waals surface area contributed by atoms with Crippen molar-refractivity contribution in [1.82, 2.24) is 10.6 Å². The monoisotopic (exact) mass is 331 g/mol. The molecule has 1 heterocycles. The molecule has 128 valence electrons. The van der Waals surface area contributed by atoms with Gasteiger partial charge >= 0.3 is 6.09 Å². The van der Waals surface area contributed by atoms with E-state index in [1.165, 1.54) is 0 Å². The molecular formula is C17H21N3O4. The van der Waals surface area contributed by atoms with Gasteiger partial charge in [-0.15, -0.1) is 0 Å². The molecule has 0 aromatic heterocycles. The van der Waals surface area contributed by atoms with E-state index < -0.39 is 18.0 Å². The Bertz CT molecular complexity index is 642. The molecule has 1 saturated carbocycles. The first-order chi connectivity index (χ1) is 11.5. The number of rotatable bonds is 6. The lowest BCUT2D eigenvalue weighted by Crippen LogP contribution is -2.46. The van der Waals surface area contributed by atoms with E-state index in [0.717, 1.165) is 18.4 Å². The van der Waals surface area contributed by atoms with Gasteiger partial charge in [0.25, 0.3) is 0 Å². The third-order valence-corrected chi connectivity index (χ3v) is 4.62. The molecule has 1 aliphatic carbocycles. The second kappa shape index (κ2) is 6.51. The number of primary amides is 1. The number of nitrogens with one attached hydrogen (secondary N) is 2. The number of benzene rings is 1. The molecular weight excluding hydrogens is 310 g/mol. The van der Waals surface area contributed by atoms with Gasteiger partial charge in [-0.25, -0.2) is 4.79 Å². The van der Waals surface area contributed by atoms with E-state index in [0.29, 0.717) is 6.42 Å². The number of nitrogens with two attached hydrogens (primary N) is 1. The van der Waals surface area contributed by atoms with E-state index >= 15 is 0 Å². The Hall–Kier alpha value is -2.57. The highest BCUT2D eigenvalue weighted by molar-refractivity contribution is 5.87. The Morgan fingerprint density at radius 1 is 1.33 bits per heavy atom. The maximum Gasteiger partial charge on any atom is 0.408 e. The summed E-state index contributed by atoms with van der Waals surface area (Å²) in [7, 11) is 0. The molecule has 1 spiro atoms. The van der Waals surface area contributed by atoms with E-state index in [4.69, 9.17) is 10.5 Å². The minimum atomic E-state index is -0.919. The summed E-state index contributed by atoms with van der Waals surface area (Å²) >= 11 is 0. The van der Waals surface area contributed by atoms with Crippen LogP contribution in [0.5, 0.6) is 0 Å². The van der Waals surface area contributed by atoms with E-state index in [9.17, 15) is 14.4 Å². The summed E-state index contributed by atoms with van der Waals surface area (Å²) < 4.78 is 5.09.